The van der Waals surface area contributed by atoms with Crippen molar-refractivity contribution in [3.63, 3.8) is 0 Å². The smallest absolute Gasteiger partial charge is 0.369 e. The Morgan fingerprint density at radius 1 is 0.429 bits per heavy atom. The Labute approximate surface area is 40.4 Å². The van der Waals surface area contributed by atoms with Crippen LogP contribution in [-0.2, 0) is 0 Å². The first-order valence-electron chi connectivity index (χ1n) is 0. The molecule has 0 aromatic heterocycles. The molecule has 0 amide bonds. The third-order valence-corrected chi connectivity index (χ3v) is 0. The second kappa shape index (κ2) is 1630. The number of hydrogen-bond donors (Lipinski definition) is 1. The Kier molecular flexibility index (Phi) is 651000. The summed E-state index contributed by atoms with van der Waals surface area (Å²) in [5.41, 5.74) is 0. The molecule has 0 saturated heterocycles. The predicted octanol–water partition coefficient (Wildman–Crippen LogP) is -3.92. The topological polar surface area (TPSA) is 224 Å². The molecule has 0 saturated carbocycles. The predicted molar refractivity (Wildman–Crippen MR) is 26.0 cm³/mol. The summed E-state index contributed by atoms with van der Waals surface area (Å²) in [6.45, 7) is 0. The zero-order valence-electron chi connectivity index (χ0n) is 3.95. The van der Waals surface area contributed by atoms with E-state index in [1.54, 1.807) is 0 Å². The fourth-order valence-electron chi connectivity index (χ4n) is 0. The molecule has 0 fully saturated rings. The van der Waals surface area contributed by atoms with E-state index in [1.165, 1.54) is 0 Å². The Hall–Kier alpha value is -0.280. The van der Waals surface area contributed by atoms with E-state index in [1.807, 2.05) is 0 Å². The average Bonchev–Trinajstić information content (AvgIpc) is 0. The summed E-state index contributed by atoms with van der Waals surface area (Å²) in [5, 5.41) is 0. The van der Waals surface area contributed by atoms with Gasteiger partial charge in [-0.05, 0) is 0 Å². The SMILES string of the molecule is O.O.O.O.O.[NH4+].[OH-]. The minimum Gasteiger partial charge on any atom is -0.870 e. The van der Waals surface area contributed by atoms with Gasteiger partial charge < -0.3 is 39.0 Å². The van der Waals surface area contributed by atoms with Gasteiger partial charge in [0.25, 0.3) is 0 Å². The molecule has 0 aromatic carbocycles. The van der Waals surface area contributed by atoms with Gasteiger partial charge in [0, 0.05) is 0 Å². The van der Waals surface area contributed by atoms with Crippen LogP contribution >= 0.6 is 0 Å². The van der Waals surface area contributed by atoms with E-state index in [0.717, 1.165) is 0 Å². The van der Waals surface area contributed by atoms with Crippen molar-refractivity contribution in [2.75, 3.05) is 0 Å². The van der Waals surface area contributed by atoms with Gasteiger partial charge in [0.05, 0.1) is 0 Å². The molecule has 0 aliphatic carbocycles. The maximum Gasteiger partial charge on any atom is -0.369 e. The molecule has 0 rings (SSSR count). The summed E-state index contributed by atoms with van der Waals surface area (Å²) in [6, 6.07) is 0. The van der Waals surface area contributed by atoms with Crippen molar-refractivity contribution >= 4 is 0 Å². The minimum atomic E-state index is 0. The van der Waals surface area contributed by atoms with Crippen LogP contribution in [0.5, 0.6) is 0 Å². The lowest BCUT2D eigenvalue weighted by atomic mass is 14.0. The van der Waals surface area contributed by atoms with E-state index >= 15 is 0 Å². The molecule has 0 bridgehead atoms. The van der Waals surface area contributed by atoms with Crippen molar-refractivity contribution < 1.29 is 32.9 Å². The van der Waals surface area contributed by atoms with Gasteiger partial charge in [-0.1, -0.05) is 0 Å². The van der Waals surface area contributed by atoms with Gasteiger partial charge in [-0.25, -0.2) is 0 Å². The van der Waals surface area contributed by atoms with Crippen LogP contribution in [0.25, 0.3) is 0 Å². The maximum atomic E-state index is 0. The summed E-state index contributed by atoms with van der Waals surface area (Å²) in [4.78, 5) is 0. The van der Waals surface area contributed by atoms with E-state index in [-0.39, 0.29) is 39.0 Å². The van der Waals surface area contributed by atoms with Crippen LogP contribution < -0.4 is 6.15 Å². The summed E-state index contributed by atoms with van der Waals surface area (Å²) in [5.74, 6) is 0. The molecule has 0 aromatic rings. The monoisotopic (exact) mass is 125 g/mol. The number of quaternary nitrogens is 1. The molecule has 15 N–H and O–H groups in total. The van der Waals surface area contributed by atoms with Crippen molar-refractivity contribution in [1.82, 2.24) is 6.15 Å². The van der Waals surface area contributed by atoms with Gasteiger partial charge in [0.15, 0.2) is 0 Å². The van der Waals surface area contributed by atoms with Crippen LogP contribution in [0.1, 0.15) is 0 Å². The van der Waals surface area contributed by atoms with Crippen LogP contribution in [0, 0.1) is 0 Å². The third-order valence-electron chi connectivity index (χ3n) is 0. The van der Waals surface area contributed by atoms with Gasteiger partial charge in [-0.2, -0.15) is 0 Å². The first-order valence-corrected chi connectivity index (χ1v) is 0. The molecule has 7 heavy (non-hydrogen) atoms. The lowest BCUT2D eigenvalue weighted by Crippen LogP contribution is -0.481. The molecule has 0 heterocycles. The highest BCUT2D eigenvalue weighted by atomic mass is 16.0. The molecular formula is H15NO6. The van der Waals surface area contributed by atoms with Gasteiger partial charge >= 0.3 is 0 Å². The Morgan fingerprint density at radius 2 is 0.429 bits per heavy atom. The molecule has 56 valence electrons. The fourth-order valence-corrected chi connectivity index (χ4v) is 0. The quantitative estimate of drug-likeness (QED) is 0.336. The molecule has 0 radical (unpaired) electrons. The summed E-state index contributed by atoms with van der Waals surface area (Å²) in [6.07, 6.45) is 0. The lowest BCUT2D eigenvalue weighted by molar-refractivity contribution is 0.823. The van der Waals surface area contributed by atoms with Crippen molar-refractivity contribution in [3.05, 3.63) is 0 Å². The van der Waals surface area contributed by atoms with E-state index in [2.05, 4.69) is 0 Å². The first kappa shape index (κ1) is 2800. The minimum absolute atomic E-state index is 0. The van der Waals surface area contributed by atoms with Crippen molar-refractivity contribution in [3.8, 4) is 0 Å². The Balaban J connectivity index is 0. The van der Waals surface area contributed by atoms with Gasteiger partial charge in [-0.15, -0.1) is 0 Å². The molecule has 7 heteroatoms. The highest BCUT2D eigenvalue weighted by Crippen LogP contribution is -0.284. The Morgan fingerprint density at radius 3 is 0.429 bits per heavy atom. The largest absolute Gasteiger partial charge is 0.870 e. The molecule has 0 unspecified atom stereocenters. The van der Waals surface area contributed by atoms with Gasteiger partial charge in [-0.3, -0.25) is 0 Å². The fraction of sp³-hybridized carbons (Fsp3) is 0. The third kappa shape index (κ3) is 1010. The maximum absolute atomic E-state index is 0. The summed E-state index contributed by atoms with van der Waals surface area (Å²) in [7, 11) is 0. The normalized spacial score (nSPS) is 0. The second-order valence-electron chi connectivity index (χ2n) is 0. The molecule has 7 nitrogen and oxygen atoms in total. The van der Waals surface area contributed by atoms with E-state index in [0.29, 0.717) is 0 Å². The van der Waals surface area contributed by atoms with Crippen LogP contribution in [0.3, 0.4) is 0 Å². The van der Waals surface area contributed by atoms with E-state index < -0.39 is 0 Å². The summed E-state index contributed by atoms with van der Waals surface area (Å²) >= 11 is 0. The molecule has 0 aliphatic rings. The van der Waals surface area contributed by atoms with Gasteiger partial charge in [0.2, 0.25) is 0 Å². The average molecular weight is 125 g/mol. The van der Waals surface area contributed by atoms with Crippen LogP contribution in [0.15, 0.2) is 0 Å². The number of hydrogen-bond acceptors (Lipinski definition) is 1. The zero-order valence-corrected chi connectivity index (χ0v) is 3.95. The molecular weight excluding hydrogens is 110 g/mol. The van der Waals surface area contributed by atoms with Gasteiger partial charge in [0.1, 0.15) is 0 Å². The standard InChI is InChI=1S/H3N.6H2O/h1H3;6*1H2. The second-order valence-corrected chi connectivity index (χ2v) is 0. The van der Waals surface area contributed by atoms with E-state index in [9.17, 15) is 0 Å². The van der Waals surface area contributed by atoms with Crippen molar-refractivity contribution in [2.45, 2.75) is 0 Å². The molecule has 0 atom stereocenters. The lowest BCUT2D eigenvalue weighted by Gasteiger charge is -0.870. The highest BCUT2D eigenvalue weighted by molar-refractivity contribution is 2.13. The number of rotatable bonds is 0. The molecule has 0 aliphatic heterocycles. The highest BCUT2D eigenvalue weighted by Gasteiger charge is -0.369. The zero-order chi connectivity index (χ0) is 0. The summed E-state index contributed by atoms with van der Waals surface area (Å²) < 4.78 is 0. The van der Waals surface area contributed by atoms with Crippen LogP contribution in [0.4, 0.5) is 0 Å². The first-order chi connectivity index (χ1) is 0. The van der Waals surface area contributed by atoms with Crippen LogP contribution in [-0.4, -0.2) is 32.9 Å². The van der Waals surface area contributed by atoms with E-state index in [4.69, 9.17) is 0 Å². The van der Waals surface area contributed by atoms with Crippen molar-refractivity contribution in [1.29, 1.82) is 0 Å². The molecule has 0 spiro atoms. The van der Waals surface area contributed by atoms with Crippen LogP contribution in [0.2, 0.25) is 0 Å². The Bertz CT molecular complexity index is 4.14. The van der Waals surface area contributed by atoms with Crippen molar-refractivity contribution in [2.24, 2.45) is 0 Å².